The number of fused-ring (bicyclic) bond motifs is 1. The maximum atomic E-state index is 4.85. The number of hydrogen-bond donors (Lipinski definition) is 2. The molecule has 0 aliphatic carbocycles. The molecule has 2 aromatic rings. The van der Waals surface area contributed by atoms with Gasteiger partial charge in [-0.3, -0.25) is 4.90 Å². The van der Waals surface area contributed by atoms with E-state index in [0.29, 0.717) is 12.6 Å². The molecular weight excluding hydrogens is 380 g/mol. The number of aromatic nitrogens is 6. The summed E-state index contributed by atoms with van der Waals surface area (Å²) < 4.78 is 4.01. The van der Waals surface area contributed by atoms with Crippen molar-refractivity contribution in [1.29, 1.82) is 0 Å². The summed E-state index contributed by atoms with van der Waals surface area (Å²) in [6, 6.07) is 0.662. The summed E-state index contributed by atoms with van der Waals surface area (Å²) in [6.45, 7) is 10.7. The SMILES string of the molecule is CCN1CCCC1CNC(=NCc1nnc(C)n1C)NC1CCCn2nc(C)nc21. The van der Waals surface area contributed by atoms with Gasteiger partial charge in [0.1, 0.15) is 24.0 Å². The average Bonchev–Trinajstić information content (AvgIpc) is 3.43. The summed E-state index contributed by atoms with van der Waals surface area (Å²) in [5.41, 5.74) is 0. The highest BCUT2D eigenvalue weighted by Gasteiger charge is 2.26. The Hall–Kier alpha value is -2.49. The molecule has 0 radical (unpaired) electrons. The molecular formula is C20H34N10. The Morgan fingerprint density at radius 2 is 2.00 bits per heavy atom. The zero-order chi connectivity index (χ0) is 21.1. The number of nitrogens with zero attached hydrogens (tertiary/aromatic N) is 8. The largest absolute Gasteiger partial charge is 0.355 e. The second kappa shape index (κ2) is 9.11. The summed E-state index contributed by atoms with van der Waals surface area (Å²) in [5.74, 6) is 4.37. The fourth-order valence-electron chi connectivity index (χ4n) is 4.42. The maximum absolute atomic E-state index is 4.85. The number of nitrogens with one attached hydrogen (secondary N) is 2. The second-order valence-corrected chi connectivity index (χ2v) is 8.27. The lowest BCUT2D eigenvalue weighted by molar-refractivity contribution is 0.266. The van der Waals surface area contributed by atoms with Crippen LogP contribution >= 0.6 is 0 Å². The molecule has 2 aliphatic rings. The van der Waals surface area contributed by atoms with Crippen molar-refractivity contribution < 1.29 is 0 Å². The molecule has 4 heterocycles. The van der Waals surface area contributed by atoms with E-state index in [1.54, 1.807) is 0 Å². The molecule has 4 rings (SSSR count). The van der Waals surface area contributed by atoms with Gasteiger partial charge in [-0.1, -0.05) is 6.92 Å². The van der Waals surface area contributed by atoms with Gasteiger partial charge in [0.2, 0.25) is 0 Å². The monoisotopic (exact) mass is 414 g/mol. The van der Waals surface area contributed by atoms with Crippen molar-refractivity contribution in [2.75, 3.05) is 19.6 Å². The van der Waals surface area contributed by atoms with Crippen LogP contribution in [0.4, 0.5) is 0 Å². The minimum absolute atomic E-state index is 0.110. The number of guanidine groups is 1. The van der Waals surface area contributed by atoms with Gasteiger partial charge < -0.3 is 15.2 Å². The van der Waals surface area contributed by atoms with Gasteiger partial charge in [0.25, 0.3) is 0 Å². The highest BCUT2D eigenvalue weighted by atomic mass is 15.4. The predicted molar refractivity (Wildman–Crippen MR) is 115 cm³/mol. The molecule has 2 N–H and O–H groups in total. The Bertz CT molecular complexity index is 882. The van der Waals surface area contributed by atoms with Gasteiger partial charge >= 0.3 is 0 Å². The van der Waals surface area contributed by atoms with Crippen LogP contribution in [0.15, 0.2) is 4.99 Å². The van der Waals surface area contributed by atoms with E-state index in [2.05, 4.69) is 42.7 Å². The van der Waals surface area contributed by atoms with Crippen LogP contribution in [-0.2, 0) is 20.1 Å². The molecule has 0 amide bonds. The van der Waals surface area contributed by atoms with E-state index in [-0.39, 0.29) is 6.04 Å². The van der Waals surface area contributed by atoms with Gasteiger partial charge in [-0.25, -0.2) is 14.7 Å². The Labute approximate surface area is 178 Å². The van der Waals surface area contributed by atoms with Crippen molar-refractivity contribution >= 4 is 5.96 Å². The molecule has 2 unspecified atom stereocenters. The first-order chi connectivity index (χ1) is 14.5. The minimum atomic E-state index is 0.110. The first kappa shape index (κ1) is 20.8. The first-order valence-corrected chi connectivity index (χ1v) is 11.1. The number of aryl methyl sites for hydroxylation is 3. The van der Waals surface area contributed by atoms with E-state index in [1.807, 2.05) is 30.1 Å². The highest BCUT2D eigenvalue weighted by molar-refractivity contribution is 5.80. The molecule has 2 aliphatic heterocycles. The number of rotatable bonds is 6. The molecule has 10 heteroatoms. The highest BCUT2D eigenvalue weighted by Crippen LogP contribution is 2.23. The van der Waals surface area contributed by atoms with Crippen LogP contribution in [0.2, 0.25) is 0 Å². The van der Waals surface area contributed by atoms with Crippen molar-refractivity contribution in [3.8, 4) is 0 Å². The Kier molecular flexibility index (Phi) is 6.31. The van der Waals surface area contributed by atoms with Crippen LogP contribution in [-0.4, -0.2) is 66.1 Å². The smallest absolute Gasteiger partial charge is 0.192 e. The molecule has 164 valence electrons. The van der Waals surface area contributed by atoms with E-state index in [0.717, 1.165) is 61.7 Å². The lowest BCUT2D eigenvalue weighted by Crippen LogP contribution is -2.46. The molecule has 1 saturated heterocycles. The van der Waals surface area contributed by atoms with Gasteiger partial charge in [-0.05, 0) is 52.6 Å². The number of hydrogen-bond acceptors (Lipinski definition) is 6. The van der Waals surface area contributed by atoms with E-state index >= 15 is 0 Å². The zero-order valence-corrected chi connectivity index (χ0v) is 18.6. The summed E-state index contributed by atoms with van der Waals surface area (Å²) >= 11 is 0. The fraction of sp³-hybridized carbons (Fsp3) is 0.750. The average molecular weight is 415 g/mol. The molecule has 0 bridgehead atoms. The number of likely N-dealkylation sites (tertiary alicyclic amines) is 1. The summed E-state index contributed by atoms with van der Waals surface area (Å²) in [5, 5.41) is 20.1. The normalized spacial score (nSPS) is 22.3. The fourth-order valence-corrected chi connectivity index (χ4v) is 4.42. The topological polar surface area (TPSA) is 101 Å². The van der Waals surface area contributed by atoms with Crippen LogP contribution in [0.25, 0.3) is 0 Å². The molecule has 2 aromatic heterocycles. The van der Waals surface area contributed by atoms with Gasteiger partial charge in [-0.2, -0.15) is 5.10 Å². The maximum Gasteiger partial charge on any atom is 0.192 e. The van der Waals surface area contributed by atoms with Crippen molar-refractivity contribution in [1.82, 2.24) is 45.1 Å². The molecule has 0 aromatic carbocycles. The van der Waals surface area contributed by atoms with Crippen molar-refractivity contribution in [3.05, 3.63) is 23.3 Å². The van der Waals surface area contributed by atoms with Crippen LogP contribution in [0.5, 0.6) is 0 Å². The van der Waals surface area contributed by atoms with Crippen LogP contribution in [0, 0.1) is 13.8 Å². The third-order valence-electron chi connectivity index (χ3n) is 6.26. The van der Waals surface area contributed by atoms with Gasteiger partial charge in [0, 0.05) is 26.2 Å². The summed E-state index contributed by atoms with van der Waals surface area (Å²) in [7, 11) is 1.98. The number of likely N-dealkylation sites (N-methyl/N-ethyl adjacent to an activating group) is 1. The lowest BCUT2D eigenvalue weighted by Gasteiger charge is -2.27. The van der Waals surface area contributed by atoms with Crippen LogP contribution in [0.3, 0.4) is 0 Å². The van der Waals surface area contributed by atoms with Crippen LogP contribution in [0.1, 0.15) is 61.9 Å². The minimum Gasteiger partial charge on any atom is -0.355 e. The van der Waals surface area contributed by atoms with Crippen molar-refractivity contribution in [2.24, 2.45) is 12.0 Å². The predicted octanol–water partition coefficient (Wildman–Crippen LogP) is 1.08. The zero-order valence-electron chi connectivity index (χ0n) is 18.6. The van der Waals surface area contributed by atoms with E-state index in [1.165, 1.54) is 19.4 Å². The van der Waals surface area contributed by atoms with E-state index < -0.39 is 0 Å². The molecule has 30 heavy (non-hydrogen) atoms. The Balaban J connectivity index is 1.49. The van der Waals surface area contributed by atoms with Crippen molar-refractivity contribution in [2.45, 2.75) is 71.6 Å². The molecule has 10 nitrogen and oxygen atoms in total. The summed E-state index contributed by atoms with van der Waals surface area (Å²) in [6.07, 6.45) is 4.60. The second-order valence-electron chi connectivity index (χ2n) is 8.27. The van der Waals surface area contributed by atoms with Gasteiger partial charge in [0.15, 0.2) is 11.8 Å². The van der Waals surface area contributed by atoms with Crippen molar-refractivity contribution in [3.63, 3.8) is 0 Å². The third-order valence-corrected chi connectivity index (χ3v) is 6.26. The molecule has 1 fully saturated rings. The molecule has 2 atom stereocenters. The quantitative estimate of drug-likeness (QED) is 0.539. The van der Waals surface area contributed by atoms with Crippen LogP contribution < -0.4 is 10.6 Å². The first-order valence-electron chi connectivity index (χ1n) is 11.1. The summed E-state index contributed by atoms with van der Waals surface area (Å²) in [4.78, 5) is 12.0. The van der Waals surface area contributed by atoms with E-state index in [4.69, 9.17) is 4.99 Å². The third kappa shape index (κ3) is 4.48. The van der Waals surface area contributed by atoms with Gasteiger partial charge in [0.05, 0.1) is 6.04 Å². The van der Waals surface area contributed by atoms with E-state index in [9.17, 15) is 0 Å². The lowest BCUT2D eigenvalue weighted by atomic mass is 10.1. The Morgan fingerprint density at radius 1 is 1.17 bits per heavy atom. The number of aliphatic imine (C=N–C) groups is 1. The molecule has 0 saturated carbocycles. The Morgan fingerprint density at radius 3 is 2.77 bits per heavy atom. The standard InChI is InChI=1S/C20H34N10/c1-5-29-10-6-8-16(29)12-21-20(22-13-18-26-25-15(3)28(18)4)24-17-9-7-11-30-19(17)23-14(2)27-30/h16-17H,5-13H2,1-4H3,(H2,21,22,24). The molecule has 0 spiro atoms. The van der Waals surface area contributed by atoms with Gasteiger partial charge in [-0.15, -0.1) is 10.2 Å².